The van der Waals surface area contributed by atoms with E-state index < -0.39 is 5.97 Å². The Morgan fingerprint density at radius 2 is 1.41 bits per heavy atom. The van der Waals surface area contributed by atoms with Crippen molar-refractivity contribution in [3.05, 3.63) is 35.9 Å². The minimum atomic E-state index is -0.859. The predicted molar refractivity (Wildman–Crippen MR) is 154 cm³/mol. The molecule has 1 aromatic rings. The van der Waals surface area contributed by atoms with Crippen molar-refractivity contribution in [2.75, 3.05) is 0 Å². The number of aliphatic carboxylic acids is 1. The van der Waals surface area contributed by atoms with Crippen LogP contribution in [0.4, 0.5) is 0 Å². The first-order chi connectivity index (χ1) is 17.9. The van der Waals surface area contributed by atoms with Gasteiger partial charge in [-0.3, -0.25) is 9.59 Å². The van der Waals surface area contributed by atoms with Crippen LogP contribution in [0.1, 0.15) is 129 Å². The summed E-state index contributed by atoms with van der Waals surface area (Å²) in [5.74, 6) is -0.514. The number of carboxylic acid groups (broad SMARTS) is 1. The number of aryl methyl sites for hydroxylation is 1. The van der Waals surface area contributed by atoms with Crippen LogP contribution in [0.5, 0.6) is 0 Å². The molecule has 2 aliphatic carbocycles. The van der Waals surface area contributed by atoms with E-state index in [1.54, 1.807) is 0 Å². The van der Waals surface area contributed by atoms with E-state index >= 15 is 0 Å². The third kappa shape index (κ3) is 15.9. The van der Waals surface area contributed by atoms with E-state index in [9.17, 15) is 9.59 Å². The Morgan fingerprint density at radius 1 is 0.838 bits per heavy atom. The number of carboxylic acids is 1. The number of hydrogen-bond donors (Lipinski definition) is 3. The SMILES string of the molecule is C1CCC(NC2CCCCC2)CC1.CC(C)C[C@H](CC(=O)O)NC(=O)CCCCCCc1ccccc1. The molecular formula is C32H54N2O3. The van der Waals surface area contributed by atoms with Crippen LogP contribution >= 0.6 is 0 Å². The van der Waals surface area contributed by atoms with Crippen molar-refractivity contribution in [3.63, 3.8) is 0 Å². The Hall–Kier alpha value is -1.88. The molecule has 2 saturated carbocycles. The molecule has 1 aromatic carbocycles. The third-order valence-electron chi connectivity index (χ3n) is 7.69. The molecule has 5 heteroatoms. The highest BCUT2D eigenvalue weighted by molar-refractivity contribution is 5.77. The summed E-state index contributed by atoms with van der Waals surface area (Å²) in [6.07, 6.45) is 21.0. The van der Waals surface area contributed by atoms with Crippen molar-refractivity contribution < 1.29 is 14.7 Å². The summed E-state index contributed by atoms with van der Waals surface area (Å²) < 4.78 is 0. The van der Waals surface area contributed by atoms with E-state index in [2.05, 4.69) is 34.9 Å². The predicted octanol–water partition coefficient (Wildman–Crippen LogP) is 7.43. The number of amides is 1. The largest absolute Gasteiger partial charge is 0.481 e. The maximum Gasteiger partial charge on any atom is 0.305 e. The molecule has 0 aromatic heterocycles. The lowest BCUT2D eigenvalue weighted by Gasteiger charge is -2.30. The second-order valence-electron chi connectivity index (χ2n) is 11.7. The van der Waals surface area contributed by atoms with Crippen LogP contribution in [0.15, 0.2) is 30.3 Å². The minimum Gasteiger partial charge on any atom is -0.481 e. The van der Waals surface area contributed by atoms with Crippen LogP contribution in [0.3, 0.4) is 0 Å². The molecule has 3 N–H and O–H groups in total. The van der Waals surface area contributed by atoms with Gasteiger partial charge in [-0.1, -0.05) is 95.5 Å². The summed E-state index contributed by atoms with van der Waals surface area (Å²) in [5, 5.41) is 15.7. The lowest BCUT2D eigenvalue weighted by atomic mass is 9.91. The van der Waals surface area contributed by atoms with Crippen LogP contribution in [0.25, 0.3) is 0 Å². The standard InChI is InChI=1S/C20H31NO3.C12H23N/c1-16(2)14-18(15-20(23)24)21-19(22)13-9-4-3-6-10-17-11-7-5-8-12-17;1-3-7-11(8-4-1)13-12-9-5-2-6-10-12/h5,7-8,11-12,16,18H,3-4,6,9-10,13-15H2,1-2H3,(H,21,22)(H,23,24);11-13H,1-10H2/t18-;/m1./s1. The zero-order chi connectivity index (χ0) is 26.7. The molecule has 0 spiro atoms. The first kappa shape index (κ1) is 31.3. The van der Waals surface area contributed by atoms with Crippen molar-refractivity contribution in [2.45, 2.75) is 148 Å². The van der Waals surface area contributed by atoms with E-state index in [1.165, 1.54) is 69.8 Å². The molecule has 0 saturated heterocycles. The fourth-order valence-electron chi connectivity index (χ4n) is 5.76. The van der Waals surface area contributed by atoms with Gasteiger partial charge >= 0.3 is 5.97 Å². The van der Waals surface area contributed by atoms with Crippen molar-refractivity contribution in [1.82, 2.24) is 10.6 Å². The maximum atomic E-state index is 12.0. The van der Waals surface area contributed by atoms with Gasteiger partial charge < -0.3 is 15.7 Å². The Balaban J connectivity index is 0.000000308. The van der Waals surface area contributed by atoms with E-state index in [4.69, 9.17) is 5.11 Å². The van der Waals surface area contributed by atoms with Crippen molar-refractivity contribution in [1.29, 1.82) is 0 Å². The summed E-state index contributed by atoms with van der Waals surface area (Å²) in [6, 6.07) is 11.9. The normalized spacial score (nSPS) is 17.6. The van der Waals surface area contributed by atoms with E-state index in [0.29, 0.717) is 18.8 Å². The molecule has 0 aliphatic heterocycles. The number of hydrogen-bond acceptors (Lipinski definition) is 3. The highest BCUT2D eigenvalue weighted by Gasteiger charge is 2.19. The monoisotopic (exact) mass is 514 g/mol. The molecule has 0 radical (unpaired) electrons. The van der Waals surface area contributed by atoms with Gasteiger partial charge in [0.05, 0.1) is 6.42 Å². The zero-order valence-electron chi connectivity index (χ0n) is 23.7. The van der Waals surface area contributed by atoms with Gasteiger partial charge in [-0.05, 0) is 62.8 Å². The van der Waals surface area contributed by atoms with E-state index in [0.717, 1.165) is 44.2 Å². The number of unbranched alkanes of at least 4 members (excludes halogenated alkanes) is 3. The second-order valence-corrected chi connectivity index (χ2v) is 11.7. The summed E-state index contributed by atoms with van der Waals surface area (Å²) in [4.78, 5) is 22.8. The Labute approximate surface area is 226 Å². The summed E-state index contributed by atoms with van der Waals surface area (Å²) in [7, 11) is 0. The number of benzene rings is 1. The van der Waals surface area contributed by atoms with Gasteiger partial charge in [0, 0.05) is 24.5 Å². The smallest absolute Gasteiger partial charge is 0.305 e. The fraction of sp³-hybridized carbons (Fsp3) is 0.750. The first-order valence-corrected chi connectivity index (χ1v) is 15.2. The molecule has 0 bridgehead atoms. The number of nitrogens with one attached hydrogen (secondary N) is 2. The molecule has 210 valence electrons. The topological polar surface area (TPSA) is 78.4 Å². The Kier molecular flexibility index (Phi) is 16.3. The third-order valence-corrected chi connectivity index (χ3v) is 7.69. The van der Waals surface area contributed by atoms with Crippen LogP contribution in [-0.4, -0.2) is 35.1 Å². The van der Waals surface area contributed by atoms with Gasteiger partial charge in [0.1, 0.15) is 0 Å². The number of carbonyl (C=O) groups excluding carboxylic acids is 1. The van der Waals surface area contributed by atoms with Gasteiger partial charge in [-0.25, -0.2) is 0 Å². The molecule has 37 heavy (non-hydrogen) atoms. The summed E-state index contributed by atoms with van der Waals surface area (Å²) >= 11 is 0. The maximum absolute atomic E-state index is 12.0. The lowest BCUT2D eigenvalue weighted by molar-refractivity contribution is -0.137. The van der Waals surface area contributed by atoms with Gasteiger partial charge in [0.2, 0.25) is 5.91 Å². The molecule has 2 aliphatic rings. The molecular weight excluding hydrogens is 460 g/mol. The van der Waals surface area contributed by atoms with E-state index in [-0.39, 0.29) is 18.4 Å². The van der Waals surface area contributed by atoms with Gasteiger partial charge in [-0.2, -0.15) is 0 Å². The number of carbonyl (C=O) groups is 2. The van der Waals surface area contributed by atoms with Crippen LogP contribution in [0.2, 0.25) is 0 Å². The van der Waals surface area contributed by atoms with E-state index in [1.807, 2.05) is 19.9 Å². The minimum absolute atomic E-state index is 0.000988. The average molecular weight is 515 g/mol. The van der Waals surface area contributed by atoms with Gasteiger partial charge in [0.15, 0.2) is 0 Å². The highest BCUT2D eigenvalue weighted by Crippen LogP contribution is 2.22. The van der Waals surface area contributed by atoms with Gasteiger partial charge in [-0.15, -0.1) is 0 Å². The van der Waals surface area contributed by atoms with Crippen molar-refractivity contribution in [3.8, 4) is 0 Å². The summed E-state index contributed by atoms with van der Waals surface area (Å²) in [6.45, 7) is 4.07. The molecule has 0 heterocycles. The van der Waals surface area contributed by atoms with Crippen LogP contribution in [-0.2, 0) is 16.0 Å². The van der Waals surface area contributed by atoms with Crippen LogP contribution in [0, 0.1) is 5.92 Å². The molecule has 3 rings (SSSR count). The molecule has 2 fully saturated rings. The zero-order valence-corrected chi connectivity index (χ0v) is 23.7. The van der Waals surface area contributed by atoms with Crippen molar-refractivity contribution >= 4 is 11.9 Å². The summed E-state index contributed by atoms with van der Waals surface area (Å²) in [5.41, 5.74) is 1.36. The average Bonchev–Trinajstić information content (AvgIpc) is 2.87. The lowest BCUT2D eigenvalue weighted by Crippen LogP contribution is -2.40. The van der Waals surface area contributed by atoms with Gasteiger partial charge in [0.25, 0.3) is 0 Å². The highest BCUT2D eigenvalue weighted by atomic mass is 16.4. The molecule has 1 atom stereocenters. The Bertz CT molecular complexity index is 709. The van der Waals surface area contributed by atoms with Crippen molar-refractivity contribution in [2.24, 2.45) is 5.92 Å². The Morgan fingerprint density at radius 3 is 1.95 bits per heavy atom. The first-order valence-electron chi connectivity index (χ1n) is 15.2. The fourth-order valence-corrected chi connectivity index (χ4v) is 5.76. The molecule has 0 unspecified atom stereocenters. The molecule has 5 nitrogen and oxygen atoms in total. The molecule has 1 amide bonds. The van der Waals surface area contributed by atoms with Crippen LogP contribution < -0.4 is 10.6 Å². The quantitative estimate of drug-likeness (QED) is 0.226. The second kappa shape index (κ2) is 19.2. The number of rotatable bonds is 14.